The summed E-state index contributed by atoms with van der Waals surface area (Å²) in [4.78, 5) is 11.9. The van der Waals surface area contributed by atoms with Crippen LogP contribution in [-0.2, 0) is 11.3 Å². The Kier molecular flexibility index (Phi) is 5.49. The van der Waals surface area contributed by atoms with Gasteiger partial charge in [-0.1, -0.05) is 24.2 Å². The van der Waals surface area contributed by atoms with E-state index in [1.54, 1.807) is 32.9 Å². The number of rotatable bonds is 5. The molecule has 5 nitrogen and oxygen atoms in total. The molecule has 0 saturated carbocycles. The Bertz CT molecular complexity index is 506. The predicted octanol–water partition coefficient (Wildman–Crippen LogP) is 1.83. The van der Waals surface area contributed by atoms with Crippen LogP contribution in [0.3, 0.4) is 0 Å². The van der Waals surface area contributed by atoms with Crippen molar-refractivity contribution in [3.8, 4) is 0 Å². The van der Waals surface area contributed by atoms with Gasteiger partial charge in [0.2, 0.25) is 5.91 Å². The minimum atomic E-state index is -0.664. The van der Waals surface area contributed by atoms with E-state index in [0.29, 0.717) is 17.5 Å². The number of nitrogens with two attached hydrogens (primary N) is 1. The molecule has 0 bridgehead atoms. The van der Waals surface area contributed by atoms with Gasteiger partial charge in [0.1, 0.15) is 5.82 Å². The lowest BCUT2D eigenvalue weighted by molar-refractivity contribution is -0.123. The molecule has 0 aliphatic heterocycles. The number of hydrogen-bond donors (Lipinski definition) is 3. The highest BCUT2D eigenvalue weighted by molar-refractivity contribution is 6.01. The molecule has 1 rings (SSSR count). The summed E-state index contributed by atoms with van der Waals surface area (Å²) in [6.45, 7) is 5.41. The first kappa shape index (κ1) is 15.9. The van der Waals surface area contributed by atoms with E-state index in [1.807, 2.05) is 0 Å². The monoisotopic (exact) mass is 281 g/mol. The van der Waals surface area contributed by atoms with Gasteiger partial charge in [-0.15, -0.1) is 0 Å². The summed E-state index contributed by atoms with van der Waals surface area (Å²) in [7, 11) is 0. The van der Waals surface area contributed by atoms with Crippen LogP contribution in [0.5, 0.6) is 0 Å². The summed E-state index contributed by atoms with van der Waals surface area (Å²) >= 11 is 0. The number of oxime groups is 1. The van der Waals surface area contributed by atoms with Crippen molar-refractivity contribution in [2.45, 2.75) is 33.7 Å². The fraction of sp³-hybridized carbons (Fsp3) is 0.429. The lowest BCUT2D eigenvalue weighted by Crippen LogP contribution is -2.38. The number of nitrogens with one attached hydrogen (secondary N) is 1. The highest BCUT2D eigenvalue weighted by atomic mass is 19.1. The fourth-order valence-electron chi connectivity index (χ4n) is 2.05. The quantitative estimate of drug-likeness (QED) is 0.333. The van der Waals surface area contributed by atoms with E-state index in [2.05, 4.69) is 10.5 Å². The number of amidine groups is 1. The van der Waals surface area contributed by atoms with Crippen LogP contribution in [0, 0.1) is 25.6 Å². The van der Waals surface area contributed by atoms with Crippen LogP contribution in [0.15, 0.2) is 17.3 Å². The number of nitrogens with zero attached hydrogens (tertiary/aromatic N) is 1. The third kappa shape index (κ3) is 3.69. The Morgan fingerprint density at radius 3 is 2.45 bits per heavy atom. The molecule has 110 valence electrons. The van der Waals surface area contributed by atoms with Crippen molar-refractivity contribution in [1.29, 1.82) is 0 Å². The van der Waals surface area contributed by atoms with Crippen LogP contribution in [0.1, 0.15) is 30.0 Å². The number of carbonyl (C=O) groups excluding carboxylic acids is 1. The zero-order valence-corrected chi connectivity index (χ0v) is 11.9. The van der Waals surface area contributed by atoms with Crippen LogP contribution in [0.4, 0.5) is 4.39 Å². The maximum atomic E-state index is 13.5. The summed E-state index contributed by atoms with van der Waals surface area (Å²) in [6, 6.07) is 3.38. The van der Waals surface area contributed by atoms with Crippen LogP contribution in [0.2, 0.25) is 0 Å². The molecule has 0 spiro atoms. The number of halogens is 1. The normalized spacial score (nSPS) is 13.1. The topological polar surface area (TPSA) is 87.7 Å². The Morgan fingerprint density at radius 1 is 1.45 bits per heavy atom. The SMILES string of the molecule is CCC(C(=O)NCc1cc(C)c(F)c(C)c1)/C(N)=N/O. The number of benzene rings is 1. The van der Waals surface area contributed by atoms with E-state index in [0.717, 1.165) is 5.56 Å². The average molecular weight is 281 g/mol. The largest absolute Gasteiger partial charge is 0.409 e. The molecule has 0 radical (unpaired) electrons. The minimum absolute atomic E-state index is 0.114. The summed E-state index contributed by atoms with van der Waals surface area (Å²) in [5.74, 6) is -1.33. The zero-order valence-electron chi connectivity index (χ0n) is 11.9. The van der Waals surface area contributed by atoms with Crippen LogP contribution >= 0.6 is 0 Å². The van der Waals surface area contributed by atoms with Gasteiger partial charge in [0, 0.05) is 6.54 Å². The average Bonchev–Trinajstić information content (AvgIpc) is 2.42. The Hall–Kier alpha value is -2.11. The van der Waals surface area contributed by atoms with E-state index >= 15 is 0 Å². The van der Waals surface area contributed by atoms with Crippen molar-refractivity contribution in [1.82, 2.24) is 5.32 Å². The third-order valence-electron chi connectivity index (χ3n) is 3.16. The third-order valence-corrected chi connectivity index (χ3v) is 3.16. The van der Waals surface area contributed by atoms with Crippen LogP contribution < -0.4 is 11.1 Å². The maximum absolute atomic E-state index is 13.5. The Labute approximate surface area is 117 Å². The van der Waals surface area contributed by atoms with Gasteiger partial charge in [-0.05, 0) is 37.0 Å². The number of carbonyl (C=O) groups is 1. The molecule has 0 aliphatic carbocycles. The van der Waals surface area contributed by atoms with Gasteiger partial charge in [0.05, 0.1) is 5.92 Å². The molecule has 1 aromatic carbocycles. The molecule has 0 aliphatic rings. The van der Waals surface area contributed by atoms with Gasteiger partial charge in [-0.3, -0.25) is 4.79 Å². The predicted molar refractivity (Wildman–Crippen MR) is 74.9 cm³/mol. The molecular formula is C14H20FN3O2. The first-order valence-corrected chi connectivity index (χ1v) is 6.41. The molecule has 0 fully saturated rings. The molecule has 0 saturated heterocycles. The molecule has 6 heteroatoms. The molecular weight excluding hydrogens is 261 g/mol. The summed E-state index contributed by atoms with van der Waals surface area (Å²) in [5, 5.41) is 14.2. The summed E-state index contributed by atoms with van der Waals surface area (Å²) < 4.78 is 13.5. The van der Waals surface area contributed by atoms with Crippen molar-refractivity contribution >= 4 is 11.7 Å². The first-order valence-electron chi connectivity index (χ1n) is 6.41. The van der Waals surface area contributed by atoms with Crippen molar-refractivity contribution in [2.24, 2.45) is 16.8 Å². The highest BCUT2D eigenvalue weighted by Gasteiger charge is 2.20. The second kappa shape index (κ2) is 6.88. The summed E-state index contributed by atoms with van der Waals surface area (Å²) in [6.07, 6.45) is 0.434. The van der Waals surface area contributed by atoms with Gasteiger partial charge in [0.25, 0.3) is 0 Å². The highest BCUT2D eigenvalue weighted by Crippen LogP contribution is 2.14. The Morgan fingerprint density at radius 2 is 2.00 bits per heavy atom. The van der Waals surface area contributed by atoms with E-state index < -0.39 is 5.92 Å². The number of aryl methyl sites for hydroxylation is 2. The number of amides is 1. The van der Waals surface area contributed by atoms with Gasteiger partial charge >= 0.3 is 0 Å². The standard InChI is InChI=1S/C14H20FN3O2/c1-4-11(13(16)18-20)14(19)17-7-10-5-8(2)12(15)9(3)6-10/h5-6,11,20H,4,7H2,1-3H3,(H2,16,18)(H,17,19). The van der Waals surface area contributed by atoms with Gasteiger partial charge < -0.3 is 16.3 Å². The van der Waals surface area contributed by atoms with E-state index in [9.17, 15) is 9.18 Å². The lowest BCUT2D eigenvalue weighted by Gasteiger charge is -2.14. The zero-order chi connectivity index (χ0) is 15.3. The molecule has 0 aromatic heterocycles. The number of hydrogen-bond acceptors (Lipinski definition) is 3. The van der Waals surface area contributed by atoms with Gasteiger partial charge in [-0.2, -0.15) is 0 Å². The van der Waals surface area contributed by atoms with Crippen LogP contribution in [0.25, 0.3) is 0 Å². The molecule has 1 aromatic rings. The molecule has 20 heavy (non-hydrogen) atoms. The maximum Gasteiger partial charge on any atom is 0.231 e. The van der Waals surface area contributed by atoms with E-state index in [-0.39, 0.29) is 24.1 Å². The lowest BCUT2D eigenvalue weighted by atomic mass is 10.0. The molecule has 1 unspecified atom stereocenters. The summed E-state index contributed by atoms with van der Waals surface area (Å²) in [5.41, 5.74) is 7.34. The second-order valence-corrected chi connectivity index (χ2v) is 4.75. The molecule has 1 amide bonds. The molecule has 1 atom stereocenters. The van der Waals surface area contributed by atoms with Gasteiger partial charge in [0.15, 0.2) is 5.84 Å². The first-order chi connectivity index (χ1) is 9.40. The fourth-order valence-corrected chi connectivity index (χ4v) is 2.05. The second-order valence-electron chi connectivity index (χ2n) is 4.75. The van der Waals surface area contributed by atoms with E-state index in [4.69, 9.17) is 10.9 Å². The molecule has 0 heterocycles. The van der Waals surface area contributed by atoms with Crippen LogP contribution in [-0.4, -0.2) is 17.0 Å². The van der Waals surface area contributed by atoms with E-state index in [1.165, 1.54) is 0 Å². The minimum Gasteiger partial charge on any atom is -0.409 e. The van der Waals surface area contributed by atoms with Gasteiger partial charge in [-0.25, -0.2) is 4.39 Å². The molecule has 4 N–H and O–H groups in total. The van der Waals surface area contributed by atoms with Crippen molar-refractivity contribution in [3.05, 3.63) is 34.6 Å². The van der Waals surface area contributed by atoms with Crippen molar-refractivity contribution in [2.75, 3.05) is 0 Å². The Balaban J connectivity index is 2.74. The van der Waals surface area contributed by atoms with Crippen molar-refractivity contribution < 1.29 is 14.4 Å². The smallest absolute Gasteiger partial charge is 0.231 e. The van der Waals surface area contributed by atoms with Crippen molar-refractivity contribution in [3.63, 3.8) is 0 Å².